The minimum atomic E-state index is -0.356. The number of aliphatic hydroxyl groups is 1. The average molecular weight is 344 g/mol. The van der Waals surface area contributed by atoms with E-state index in [1.807, 2.05) is 42.1 Å². The van der Waals surface area contributed by atoms with E-state index in [1.54, 1.807) is 18.2 Å². The highest BCUT2D eigenvalue weighted by Gasteiger charge is 2.26. The van der Waals surface area contributed by atoms with Crippen molar-refractivity contribution in [1.82, 2.24) is 19.8 Å². The van der Waals surface area contributed by atoms with Crippen molar-refractivity contribution in [3.05, 3.63) is 48.0 Å². The van der Waals surface area contributed by atoms with Gasteiger partial charge >= 0.3 is 6.03 Å². The van der Waals surface area contributed by atoms with Gasteiger partial charge in [0.1, 0.15) is 17.6 Å². The molecule has 1 fully saturated rings. The molecule has 1 saturated heterocycles. The summed E-state index contributed by atoms with van der Waals surface area (Å²) in [5, 5.41) is 12.7. The Labute approximate surface area is 147 Å². The minimum absolute atomic E-state index is 0.143. The summed E-state index contributed by atoms with van der Waals surface area (Å²) in [6.07, 6.45) is 4.49. The number of aryl methyl sites for hydroxylation is 1. The van der Waals surface area contributed by atoms with E-state index in [-0.39, 0.29) is 18.2 Å². The molecule has 3 rings (SSSR count). The number of hydrogen-bond acceptors (Lipinski definition) is 4. The van der Waals surface area contributed by atoms with E-state index in [4.69, 9.17) is 4.74 Å². The SMILES string of the molecule is COc1ccc(C(NC(=O)N2CCC(O)CC2)c2nccn2C)cc1. The molecule has 7 heteroatoms. The zero-order valence-electron chi connectivity index (χ0n) is 14.6. The fraction of sp³-hybridized carbons (Fsp3) is 0.444. The van der Waals surface area contributed by atoms with E-state index < -0.39 is 0 Å². The molecule has 2 heterocycles. The van der Waals surface area contributed by atoms with E-state index in [1.165, 1.54) is 0 Å². The van der Waals surface area contributed by atoms with E-state index >= 15 is 0 Å². The van der Waals surface area contributed by atoms with Crippen LogP contribution in [0.15, 0.2) is 36.7 Å². The molecule has 134 valence electrons. The van der Waals surface area contributed by atoms with Crippen LogP contribution in [0.3, 0.4) is 0 Å². The zero-order valence-corrected chi connectivity index (χ0v) is 14.6. The summed E-state index contributed by atoms with van der Waals surface area (Å²) in [7, 11) is 3.53. The Hall–Kier alpha value is -2.54. The number of nitrogens with one attached hydrogen (secondary N) is 1. The number of benzene rings is 1. The third-order valence-electron chi connectivity index (χ3n) is 4.59. The second-order valence-corrected chi connectivity index (χ2v) is 6.27. The number of carbonyl (C=O) groups is 1. The number of methoxy groups -OCH3 is 1. The van der Waals surface area contributed by atoms with Gasteiger partial charge in [-0.25, -0.2) is 9.78 Å². The molecule has 0 radical (unpaired) electrons. The molecule has 7 nitrogen and oxygen atoms in total. The molecule has 1 atom stereocenters. The molecule has 2 N–H and O–H groups in total. The zero-order chi connectivity index (χ0) is 17.8. The number of ether oxygens (including phenoxy) is 1. The molecule has 1 aromatic heterocycles. The molecule has 0 saturated carbocycles. The van der Waals surface area contributed by atoms with Crippen LogP contribution in [0.2, 0.25) is 0 Å². The third kappa shape index (κ3) is 3.93. The van der Waals surface area contributed by atoms with Crippen LogP contribution >= 0.6 is 0 Å². The summed E-state index contributed by atoms with van der Waals surface area (Å²) in [5.74, 6) is 1.52. The lowest BCUT2D eigenvalue weighted by Gasteiger charge is -2.31. The summed E-state index contributed by atoms with van der Waals surface area (Å²) in [6, 6.07) is 7.10. The molecular formula is C18H24N4O3. The first-order valence-electron chi connectivity index (χ1n) is 8.43. The number of urea groups is 1. The van der Waals surface area contributed by atoms with Crippen molar-refractivity contribution in [3.8, 4) is 5.75 Å². The van der Waals surface area contributed by atoms with Gasteiger partial charge in [-0.3, -0.25) is 0 Å². The number of amides is 2. The predicted molar refractivity (Wildman–Crippen MR) is 93.4 cm³/mol. The molecule has 1 aliphatic heterocycles. The van der Waals surface area contributed by atoms with Crippen LogP contribution in [0.4, 0.5) is 4.79 Å². The number of aromatic nitrogens is 2. The molecular weight excluding hydrogens is 320 g/mol. The van der Waals surface area contributed by atoms with E-state index in [0.717, 1.165) is 17.1 Å². The smallest absolute Gasteiger partial charge is 0.318 e. The van der Waals surface area contributed by atoms with Crippen LogP contribution in [-0.4, -0.2) is 51.9 Å². The predicted octanol–water partition coefficient (Wildman–Crippen LogP) is 1.68. The Morgan fingerprint density at radius 1 is 1.32 bits per heavy atom. The number of nitrogens with zero attached hydrogens (tertiary/aromatic N) is 3. The minimum Gasteiger partial charge on any atom is -0.497 e. The van der Waals surface area contributed by atoms with Gasteiger partial charge in [0.2, 0.25) is 0 Å². The number of imidazole rings is 1. The quantitative estimate of drug-likeness (QED) is 0.884. The summed E-state index contributed by atoms with van der Waals surface area (Å²) in [5.41, 5.74) is 0.931. The lowest BCUT2D eigenvalue weighted by molar-refractivity contribution is 0.0931. The van der Waals surface area contributed by atoms with Crippen LogP contribution in [0.25, 0.3) is 0 Å². The lowest BCUT2D eigenvalue weighted by atomic mass is 10.1. The maximum Gasteiger partial charge on any atom is 0.318 e. The molecule has 1 aliphatic rings. The van der Waals surface area contributed by atoms with Crippen LogP contribution in [0.5, 0.6) is 5.75 Å². The Kier molecular flexibility index (Phi) is 5.23. The van der Waals surface area contributed by atoms with Gasteiger partial charge in [-0.15, -0.1) is 0 Å². The molecule has 1 aromatic carbocycles. The summed E-state index contributed by atoms with van der Waals surface area (Å²) < 4.78 is 7.11. The van der Waals surface area contributed by atoms with Crippen molar-refractivity contribution >= 4 is 6.03 Å². The number of carbonyl (C=O) groups excluding carboxylic acids is 1. The fourth-order valence-corrected chi connectivity index (χ4v) is 3.03. The first kappa shape index (κ1) is 17.3. The molecule has 0 spiro atoms. The second-order valence-electron chi connectivity index (χ2n) is 6.27. The number of aliphatic hydroxyl groups excluding tert-OH is 1. The van der Waals surface area contributed by atoms with E-state index in [0.29, 0.717) is 25.9 Å². The molecule has 25 heavy (non-hydrogen) atoms. The van der Waals surface area contributed by atoms with E-state index in [2.05, 4.69) is 10.3 Å². The van der Waals surface area contributed by atoms with Crippen molar-refractivity contribution in [1.29, 1.82) is 0 Å². The van der Waals surface area contributed by atoms with Crippen LogP contribution < -0.4 is 10.1 Å². The molecule has 0 bridgehead atoms. The van der Waals surface area contributed by atoms with Gasteiger partial charge in [-0.2, -0.15) is 0 Å². The third-order valence-corrected chi connectivity index (χ3v) is 4.59. The van der Waals surface area contributed by atoms with Crippen molar-refractivity contribution < 1.29 is 14.6 Å². The standard InChI is InChI=1S/C18H24N4O3/c1-21-12-9-19-17(21)16(13-3-5-15(25-2)6-4-13)20-18(24)22-10-7-14(23)8-11-22/h3-6,9,12,14,16,23H,7-8,10-11H2,1-2H3,(H,20,24). The monoisotopic (exact) mass is 344 g/mol. The largest absolute Gasteiger partial charge is 0.497 e. The van der Waals surface area contributed by atoms with Crippen molar-refractivity contribution in [3.63, 3.8) is 0 Å². The summed E-state index contributed by atoms with van der Waals surface area (Å²) in [4.78, 5) is 18.8. The first-order chi connectivity index (χ1) is 12.1. The fourth-order valence-electron chi connectivity index (χ4n) is 3.03. The van der Waals surface area contributed by atoms with Gasteiger partial charge in [-0.1, -0.05) is 12.1 Å². The highest BCUT2D eigenvalue weighted by atomic mass is 16.5. The van der Waals surface area contributed by atoms with Crippen LogP contribution in [0, 0.1) is 0 Å². The Bertz CT molecular complexity index is 705. The van der Waals surface area contributed by atoms with Crippen molar-refractivity contribution in [2.24, 2.45) is 7.05 Å². The number of hydrogen-bond donors (Lipinski definition) is 2. The van der Waals surface area contributed by atoms with Crippen LogP contribution in [0.1, 0.15) is 30.3 Å². The number of likely N-dealkylation sites (tertiary alicyclic amines) is 1. The summed E-state index contributed by atoms with van der Waals surface area (Å²) in [6.45, 7) is 1.12. The number of piperidine rings is 1. The van der Waals surface area contributed by atoms with Gasteiger partial charge in [-0.05, 0) is 30.5 Å². The van der Waals surface area contributed by atoms with Crippen molar-refractivity contribution in [2.75, 3.05) is 20.2 Å². The van der Waals surface area contributed by atoms with Crippen molar-refractivity contribution in [2.45, 2.75) is 25.0 Å². The number of rotatable bonds is 4. The maximum absolute atomic E-state index is 12.7. The molecule has 0 aliphatic carbocycles. The Balaban J connectivity index is 1.81. The lowest BCUT2D eigenvalue weighted by Crippen LogP contribution is -2.47. The highest BCUT2D eigenvalue weighted by Crippen LogP contribution is 2.23. The Morgan fingerprint density at radius 2 is 2.00 bits per heavy atom. The molecule has 2 aromatic rings. The first-order valence-corrected chi connectivity index (χ1v) is 8.43. The second kappa shape index (κ2) is 7.57. The summed E-state index contributed by atoms with van der Waals surface area (Å²) >= 11 is 0. The van der Waals surface area contributed by atoms with Gasteiger partial charge < -0.3 is 24.6 Å². The van der Waals surface area contributed by atoms with Gasteiger partial charge in [0.15, 0.2) is 0 Å². The topological polar surface area (TPSA) is 79.6 Å². The molecule has 2 amide bonds. The van der Waals surface area contributed by atoms with Gasteiger partial charge in [0.05, 0.1) is 13.2 Å². The van der Waals surface area contributed by atoms with Gasteiger partial charge in [0.25, 0.3) is 0 Å². The molecule has 1 unspecified atom stereocenters. The van der Waals surface area contributed by atoms with Crippen LogP contribution in [-0.2, 0) is 7.05 Å². The maximum atomic E-state index is 12.7. The normalized spacial score (nSPS) is 16.5. The average Bonchev–Trinajstić information content (AvgIpc) is 3.06. The van der Waals surface area contributed by atoms with E-state index in [9.17, 15) is 9.90 Å². The van der Waals surface area contributed by atoms with Gasteiger partial charge in [0, 0.05) is 32.5 Å². The highest BCUT2D eigenvalue weighted by molar-refractivity contribution is 5.75. The Morgan fingerprint density at radius 3 is 2.56 bits per heavy atom.